The molecule has 26 heavy (non-hydrogen) atoms. The van der Waals surface area contributed by atoms with Gasteiger partial charge in [-0.2, -0.15) is 5.10 Å². The van der Waals surface area contributed by atoms with E-state index in [4.69, 9.17) is 9.15 Å². The van der Waals surface area contributed by atoms with Gasteiger partial charge in [0.2, 0.25) is 0 Å². The molecular formula is C19H25N5O2. The van der Waals surface area contributed by atoms with Gasteiger partial charge in [-0.3, -0.25) is 4.90 Å². The van der Waals surface area contributed by atoms with E-state index < -0.39 is 0 Å². The molecule has 1 saturated heterocycles. The molecule has 4 rings (SSSR count). The third-order valence-corrected chi connectivity index (χ3v) is 4.86. The number of nitrogens with one attached hydrogen (secondary N) is 1. The summed E-state index contributed by atoms with van der Waals surface area (Å²) < 4.78 is 13.1. The smallest absolute Gasteiger partial charge is 0.159 e. The highest BCUT2D eigenvalue weighted by molar-refractivity contribution is 5.47. The molecule has 0 saturated carbocycles. The van der Waals surface area contributed by atoms with E-state index in [1.54, 1.807) is 6.26 Å². The molecule has 1 unspecified atom stereocenters. The van der Waals surface area contributed by atoms with Crippen LogP contribution in [0.3, 0.4) is 0 Å². The Morgan fingerprint density at radius 2 is 2.12 bits per heavy atom. The van der Waals surface area contributed by atoms with Crippen LogP contribution in [0, 0.1) is 13.8 Å². The molecular weight excluding hydrogens is 330 g/mol. The van der Waals surface area contributed by atoms with Crippen LogP contribution in [-0.2, 0) is 11.3 Å². The molecule has 138 valence electrons. The SMILES string of the molecule is Cc1cc(C)n2ncc(CNCC(c3ccco3)N3CCOCC3)c2n1. The second-order valence-corrected chi connectivity index (χ2v) is 6.75. The van der Waals surface area contributed by atoms with E-state index in [2.05, 4.69) is 27.2 Å². The van der Waals surface area contributed by atoms with E-state index in [1.165, 1.54) is 0 Å². The molecule has 1 fully saturated rings. The van der Waals surface area contributed by atoms with Crippen molar-refractivity contribution in [2.75, 3.05) is 32.8 Å². The molecule has 3 aromatic rings. The van der Waals surface area contributed by atoms with E-state index in [0.29, 0.717) is 0 Å². The van der Waals surface area contributed by atoms with Crippen molar-refractivity contribution in [1.29, 1.82) is 0 Å². The van der Waals surface area contributed by atoms with Crippen molar-refractivity contribution in [2.45, 2.75) is 26.4 Å². The molecule has 4 heterocycles. The van der Waals surface area contributed by atoms with Crippen molar-refractivity contribution < 1.29 is 9.15 Å². The van der Waals surface area contributed by atoms with E-state index in [1.807, 2.05) is 35.8 Å². The molecule has 0 aliphatic carbocycles. The van der Waals surface area contributed by atoms with Gasteiger partial charge in [-0.25, -0.2) is 9.50 Å². The number of rotatable bonds is 6. The summed E-state index contributed by atoms with van der Waals surface area (Å²) in [6, 6.07) is 6.24. The molecule has 0 bridgehead atoms. The Kier molecular flexibility index (Phi) is 5.01. The van der Waals surface area contributed by atoms with E-state index in [0.717, 1.165) is 67.8 Å². The first kappa shape index (κ1) is 17.2. The summed E-state index contributed by atoms with van der Waals surface area (Å²) in [5.74, 6) is 0.990. The number of hydrogen-bond acceptors (Lipinski definition) is 6. The maximum absolute atomic E-state index is 5.69. The molecule has 3 aromatic heterocycles. The maximum atomic E-state index is 5.69. The minimum atomic E-state index is 0.201. The van der Waals surface area contributed by atoms with Crippen molar-refractivity contribution in [2.24, 2.45) is 0 Å². The van der Waals surface area contributed by atoms with Gasteiger partial charge in [0.15, 0.2) is 5.65 Å². The predicted octanol–water partition coefficient (Wildman–Crippen LogP) is 2.10. The number of ether oxygens (including phenoxy) is 1. The van der Waals surface area contributed by atoms with Crippen molar-refractivity contribution in [3.63, 3.8) is 0 Å². The van der Waals surface area contributed by atoms with Gasteiger partial charge in [0.1, 0.15) is 5.76 Å². The number of furan rings is 1. The fourth-order valence-electron chi connectivity index (χ4n) is 3.56. The van der Waals surface area contributed by atoms with Gasteiger partial charge >= 0.3 is 0 Å². The fraction of sp³-hybridized carbons (Fsp3) is 0.474. The molecule has 1 N–H and O–H groups in total. The number of morpholine rings is 1. The highest BCUT2D eigenvalue weighted by Gasteiger charge is 2.24. The van der Waals surface area contributed by atoms with Crippen LogP contribution in [0.1, 0.15) is 28.8 Å². The molecule has 1 aliphatic rings. The quantitative estimate of drug-likeness (QED) is 0.730. The fourth-order valence-corrected chi connectivity index (χ4v) is 3.56. The second-order valence-electron chi connectivity index (χ2n) is 6.75. The number of hydrogen-bond donors (Lipinski definition) is 1. The zero-order valence-corrected chi connectivity index (χ0v) is 15.3. The van der Waals surface area contributed by atoms with Crippen molar-refractivity contribution >= 4 is 5.65 Å². The molecule has 7 nitrogen and oxygen atoms in total. The van der Waals surface area contributed by atoms with Gasteiger partial charge in [-0.15, -0.1) is 0 Å². The Morgan fingerprint density at radius 3 is 2.88 bits per heavy atom. The number of nitrogens with zero attached hydrogens (tertiary/aromatic N) is 4. The first-order valence-electron chi connectivity index (χ1n) is 9.09. The number of fused-ring (bicyclic) bond motifs is 1. The first-order chi connectivity index (χ1) is 12.7. The van der Waals surface area contributed by atoms with Gasteiger partial charge in [0.25, 0.3) is 0 Å². The Labute approximate surface area is 153 Å². The van der Waals surface area contributed by atoms with Crippen LogP contribution in [0.4, 0.5) is 0 Å². The lowest BCUT2D eigenvalue weighted by atomic mass is 10.1. The van der Waals surface area contributed by atoms with Gasteiger partial charge < -0.3 is 14.5 Å². The molecule has 0 radical (unpaired) electrons. The van der Waals surface area contributed by atoms with Gasteiger partial charge in [-0.05, 0) is 32.0 Å². The maximum Gasteiger partial charge on any atom is 0.159 e. The van der Waals surface area contributed by atoms with Crippen LogP contribution in [0.5, 0.6) is 0 Å². The molecule has 0 aromatic carbocycles. The lowest BCUT2D eigenvalue weighted by Crippen LogP contribution is -2.42. The average Bonchev–Trinajstić information content (AvgIpc) is 3.30. The van der Waals surface area contributed by atoms with Crippen LogP contribution >= 0.6 is 0 Å². The molecule has 7 heteroatoms. The third kappa shape index (κ3) is 3.51. The third-order valence-electron chi connectivity index (χ3n) is 4.86. The summed E-state index contributed by atoms with van der Waals surface area (Å²) in [6.07, 6.45) is 3.64. The molecule has 0 amide bonds. The zero-order chi connectivity index (χ0) is 17.9. The lowest BCUT2D eigenvalue weighted by Gasteiger charge is -2.33. The van der Waals surface area contributed by atoms with Gasteiger partial charge in [0, 0.05) is 43.1 Å². The normalized spacial score (nSPS) is 17.0. The van der Waals surface area contributed by atoms with Crippen LogP contribution < -0.4 is 5.32 Å². The lowest BCUT2D eigenvalue weighted by molar-refractivity contribution is 0.0116. The highest BCUT2D eigenvalue weighted by atomic mass is 16.5. The summed E-state index contributed by atoms with van der Waals surface area (Å²) in [5, 5.41) is 8.03. The van der Waals surface area contributed by atoms with Crippen LogP contribution in [0.2, 0.25) is 0 Å². The van der Waals surface area contributed by atoms with E-state index >= 15 is 0 Å². The monoisotopic (exact) mass is 355 g/mol. The van der Waals surface area contributed by atoms with Crippen molar-refractivity contribution in [3.8, 4) is 0 Å². The summed E-state index contributed by atoms with van der Waals surface area (Å²) in [5.41, 5.74) is 4.15. The minimum absolute atomic E-state index is 0.201. The van der Waals surface area contributed by atoms with Crippen LogP contribution in [-0.4, -0.2) is 52.3 Å². The topological polar surface area (TPSA) is 67.8 Å². The number of aryl methyl sites for hydroxylation is 2. The Morgan fingerprint density at radius 1 is 1.27 bits per heavy atom. The Hall–Kier alpha value is -2.22. The van der Waals surface area contributed by atoms with Crippen LogP contribution in [0.25, 0.3) is 5.65 Å². The summed E-state index contributed by atoms with van der Waals surface area (Å²) in [6.45, 7) is 8.98. The molecule has 1 aliphatic heterocycles. The molecule has 1 atom stereocenters. The summed E-state index contributed by atoms with van der Waals surface area (Å²) >= 11 is 0. The predicted molar refractivity (Wildman–Crippen MR) is 98.0 cm³/mol. The Balaban J connectivity index is 1.46. The highest BCUT2D eigenvalue weighted by Crippen LogP contribution is 2.22. The number of aromatic nitrogens is 3. The summed E-state index contributed by atoms with van der Waals surface area (Å²) in [4.78, 5) is 7.06. The van der Waals surface area contributed by atoms with Gasteiger partial charge in [0.05, 0.1) is 31.7 Å². The second kappa shape index (κ2) is 7.57. The average molecular weight is 355 g/mol. The standard InChI is InChI=1S/C19H25N5O2/c1-14-10-15(2)24-19(22-14)16(12-21-24)11-20-13-17(18-4-3-7-26-18)23-5-8-25-9-6-23/h3-4,7,10,12,17,20H,5-6,8-9,11,13H2,1-2H3. The van der Waals surface area contributed by atoms with E-state index in [9.17, 15) is 0 Å². The van der Waals surface area contributed by atoms with Crippen LogP contribution in [0.15, 0.2) is 35.1 Å². The largest absolute Gasteiger partial charge is 0.468 e. The molecule has 0 spiro atoms. The van der Waals surface area contributed by atoms with Crippen molar-refractivity contribution in [3.05, 3.63) is 53.4 Å². The van der Waals surface area contributed by atoms with E-state index in [-0.39, 0.29) is 6.04 Å². The Bertz CT molecular complexity index is 852. The van der Waals surface area contributed by atoms with Gasteiger partial charge in [-0.1, -0.05) is 0 Å². The first-order valence-corrected chi connectivity index (χ1v) is 9.09. The minimum Gasteiger partial charge on any atom is -0.468 e. The zero-order valence-electron chi connectivity index (χ0n) is 15.3. The van der Waals surface area contributed by atoms with Crippen molar-refractivity contribution in [1.82, 2.24) is 24.8 Å². The summed E-state index contributed by atoms with van der Waals surface area (Å²) in [7, 11) is 0.